The monoisotopic (exact) mass is 278 g/mol. The molecule has 1 saturated heterocycles. The molecule has 0 amide bonds. The highest BCUT2D eigenvalue weighted by Gasteiger charge is 2.39. The zero-order valence-corrected chi connectivity index (χ0v) is 12.2. The van der Waals surface area contributed by atoms with Crippen molar-refractivity contribution in [2.45, 2.75) is 45.1 Å². The molecule has 1 N–H and O–H groups in total. The number of nitrogens with one attached hydrogen (secondary N) is 1. The first kappa shape index (κ1) is 12.9. The molecule has 2 aromatic rings. The number of rotatable bonds is 3. The third kappa shape index (κ3) is 2.15. The average Bonchev–Trinajstić information content (AvgIpc) is 2.96. The molecular formula is C15H19ClN2O. The highest BCUT2D eigenvalue weighted by atomic mass is 35.5. The lowest BCUT2D eigenvalue weighted by atomic mass is 9.92. The van der Waals surface area contributed by atoms with Crippen LogP contribution in [0.2, 0.25) is 5.02 Å². The molecule has 102 valence electrons. The van der Waals surface area contributed by atoms with Gasteiger partial charge >= 0.3 is 0 Å². The van der Waals surface area contributed by atoms with Crippen LogP contribution in [0.15, 0.2) is 16.5 Å². The first-order chi connectivity index (χ1) is 9.14. The summed E-state index contributed by atoms with van der Waals surface area (Å²) in [5.41, 5.74) is 2.70. The molecule has 0 bridgehead atoms. The van der Waals surface area contributed by atoms with Crippen molar-refractivity contribution in [2.24, 2.45) is 0 Å². The van der Waals surface area contributed by atoms with Gasteiger partial charge in [-0.25, -0.2) is 4.98 Å². The van der Waals surface area contributed by atoms with Crippen molar-refractivity contribution in [3.05, 3.63) is 28.6 Å². The second-order valence-electron chi connectivity index (χ2n) is 5.45. The van der Waals surface area contributed by atoms with Gasteiger partial charge in [-0.2, -0.15) is 0 Å². The van der Waals surface area contributed by atoms with Crippen LogP contribution in [0.4, 0.5) is 0 Å². The maximum atomic E-state index is 6.09. The average molecular weight is 279 g/mol. The number of benzene rings is 1. The summed E-state index contributed by atoms with van der Waals surface area (Å²) < 4.78 is 6.06. The van der Waals surface area contributed by atoms with Crippen molar-refractivity contribution in [1.29, 1.82) is 0 Å². The first-order valence-electron chi connectivity index (χ1n) is 6.97. The molecule has 1 aromatic carbocycles. The van der Waals surface area contributed by atoms with Gasteiger partial charge in [0.15, 0.2) is 5.58 Å². The second-order valence-corrected chi connectivity index (χ2v) is 5.89. The maximum absolute atomic E-state index is 6.09. The molecule has 1 unspecified atom stereocenters. The fourth-order valence-electron chi connectivity index (χ4n) is 3.10. The van der Waals surface area contributed by atoms with Crippen molar-refractivity contribution in [3.8, 4) is 0 Å². The minimum Gasteiger partial charge on any atom is -0.438 e. The summed E-state index contributed by atoms with van der Waals surface area (Å²) in [7, 11) is 0. The third-order valence-electron chi connectivity index (χ3n) is 3.97. The standard InChI is InChI=1S/C15H19ClN2O/c1-3-5-15(6-4-7-17-15)14-18-12-9-11(16)8-10(2)13(12)19-14/h8-9,17H,3-7H2,1-2H3. The van der Waals surface area contributed by atoms with E-state index in [0.29, 0.717) is 5.02 Å². The molecule has 0 spiro atoms. The summed E-state index contributed by atoms with van der Waals surface area (Å²) in [5, 5.41) is 4.31. The summed E-state index contributed by atoms with van der Waals surface area (Å²) in [6.45, 7) is 5.25. The number of halogens is 1. The first-order valence-corrected chi connectivity index (χ1v) is 7.34. The Morgan fingerprint density at radius 1 is 1.47 bits per heavy atom. The predicted molar refractivity (Wildman–Crippen MR) is 77.6 cm³/mol. The molecule has 1 atom stereocenters. The van der Waals surface area contributed by atoms with Crippen LogP contribution in [-0.2, 0) is 5.54 Å². The largest absolute Gasteiger partial charge is 0.438 e. The van der Waals surface area contributed by atoms with Gasteiger partial charge in [0.2, 0.25) is 5.89 Å². The molecule has 1 aliphatic rings. The fourth-order valence-corrected chi connectivity index (χ4v) is 3.36. The van der Waals surface area contributed by atoms with E-state index in [4.69, 9.17) is 21.0 Å². The van der Waals surface area contributed by atoms with Crippen LogP contribution in [0.1, 0.15) is 44.1 Å². The summed E-state index contributed by atoms with van der Waals surface area (Å²) in [6, 6.07) is 3.80. The second kappa shape index (κ2) is 4.80. The number of oxazole rings is 1. The lowest BCUT2D eigenvalue weighted by Gasteiger charge is -2.25. The molecule has 0 radical (unpaired) electrons. The zero-order valence-electron chi connectivity index (χ0n) is 11.4. The summed E-state index contributed by atoms with van der Waals surface area (Å²) >= 11 is 6.09. The van der Waals surface area contributed by atoms with Gasteiger partial charge in [-0.1, -0.05) is 24.9 Å². The number of hydrogen-bond acceptors (Lipinski definition) is 3. The number of aromatic nitrogens is 1. The van der Waals surface area contributed by atoms with Gasteiger partial charge < -0.3 is 9.73 Å². The van der Waals surface area contributed by atoms with Gasteiger partial charge in [-0.3, -0.25) is 0 Å². The molecule has 19 heavy (non-hydrogen) atoms. The zero-order chi connectivity index (χ0) is 13.5. The molecule has 3 rings (SSSR count). The maximum Gasteiger partial charge on any atom is 0.215 e. The van der Waals surface area contributed by atoms with Crippen LogP contribution in [0.5, 0.6) is 0 Å². The highest BCUT2D eigenvalue weighted by molar-refractivity contribution is 6.31. The van der Waals surface area contributed by atoms with E-state index in [0.717, 1.165) is 48.4 Å². The smallest absolute Gasteiger partial charge is 0.215 e. The van der Waals surface area contributed by atoms with Crippen LogP contribution in [-0.4, -0.2) is 11.5 Å². The predicted octanol–water partition coefficient (Wildman–Crippen LogP) is 4.17. The Labute approximate surface area is 118 Å². The Balaban J connectivity index is 2.11. The molecular weight excluding hydrogens is 260 g/mol. The Morgan fingerprint density at radius 2 is 2.32 bits per heavy atom. The normalized spacial score (nSPS) is 23.3. The molecule has 2 heterocycles. The van der Waals surface area contributed by atoms with Crippen LogP contribution < -0.4 is 5.32 Å². The van der Waals surface area contributed by atoms with Gasteiger partial charge in [0.05, 0.1) is 5.54 Å². The van der Waals surface area contributed by atoms with Gasteiger partial charge in [0.1, 0.15) is 5.52 Å². The van der Waals surface area contributed by atoms with E-state index in [1.165, 1.54) is 6.42 Å². The summed E-state index contributed by atoms with van der Waals surface area (Å²) in [6.07, 6.45) is 4.46. The molecule has 3 nitrogen and oxygen atoms in total. The molecule has 1 aliphatic heterocycles. The van der Waals surface area contributed by atoms with Gasteiger partial charge in [-0.05, 0) is 50.4 Å². The van der Waals surface area contributed by atoms with E-state index >= 15 is 0 Å². The SMILES string of the molecule is CCCC1(c2nc3cc(Cl)cc(C)c3o2)CCCN1. The molecule has 1 aromatic heterocycles. The van der Waals surface area contributed by atoms with Crippen LogP contribution in [0, 0.1) is 6.92 Å². The summed E-state index contributed by atoms with van der Waals surface area (Å²) in [4.78, 5) is 4.69. The van der Waals surface area contributed by atoms with Crippen LogP contribution >= 0.6 is 11.6 Å². The number of aryl methyl sites for hydroxylation is 1. The van der Waals surface area contributed by atoms with Gasteiger partial charge in [0, 0.05) is 5.02 Å². The van der Waals surface area contributed by atoms with Gasteiger partial charge in [-0.15, -0.1) is 0 Å². The Hall–Kier alpha value is -1.06. The van der Waals surface area contributed by atoms with Crippen LogP contribution in [0.3, 0.4) is 0 Å². The van der Waals surface area contributed by atoms with Crippen molar-refractivity contribution < 1.29 is 4.42 Å². The Kier molecular flexibility index (Phi) is 3.27. The Morgan fingerprint density at radius 3 is 3.00 bits per heavy atom. The minimum absolute atomic E-state index is 0.0767. The summed E-state index contributed by atoms with van der Waals surface area (Å²) in [5.74, 6) is 0.826. The van der Waals surface area contributed by atoms with Crippen molar-refractivity contribution in [2.75, 3.05) is 6.54 Å². The van der Waals surface area contributed by atoms with Crippen molar-refractivity contribution in [3.63, 3.8) is 0 Å². The number of nitrogens with zero attached hydrogens (tertiary/aromatic N) is 1. The highest BCUT2D eigenvalue weighted by Crippen LogP contribution is 2.37. The fraction of sp³-hybridized carbons (Fsp3) is 0.533. The lowest BCUT2D eigenvalue weighted by Crippen LogP contribution is -2.36. The molecule has 0 saturated carbocycles. The van der Waals surface area contributed by atoms with Crippen molar-refractivity contribution >= 4 is 22.7 Å². The van der Waals surface area contributed by atoms with E-state index in [-0.39, 0.29) is 5.54 Å². The van der Waals surface area contributed by atoms with E-state index in [1.54, 1.807) is 0 Å². The van der Waals surface area contributed by atoms with Crippen molar-refractivity contribution in [1.82, 2.24) is 10.3 Å². The minimum atomic E-state index is -0.0767. The Bertz CT molecular complexity index is 599. The van der Waals surface area contributed by atoms with Gasteiger partial charge in [0.25, 0.3) is 0 Å². The van der Waals surface area contributed by atoms with E-state index in [1.807, 2.05) is 19.1 Å². The lowest BCUT2D eigenvalue weighted by molar-refractivity contribution is 0.279. The van der Waals surface area contributed by atoms with E-state index < -0.39 is 0 Å². The molecule has 1 fully saturated rings. The molecule has 4 heteroatoms. The number of fused-ring (bicyclic) bond motifs is 1. The van der Waals surface area contributed by atoms with E-state index in [2.05, 4.69) is 12.2 Å². The third-order valence-corrected chi connectivity index (χ3v) is 4.19. The van der Waals surface area contributed by atoms with E-state index in [9.17, 15) is 0 Å². The number of hydrogen-bond donors (Lipinski definition) is 1. The quantitative estimate of drug-likeness (QED) is 0.916. The molecule has 0 aliphatic carbocycles. The topological polar surface area (TPSA) is 38.1 Å². The van der Waals surface area contributed by atoms with Crippen LogP contribution in [0.25, 0.3) is 11.1 Å².